The van der Waals surface area contributed by atoms with Crippen LogP contribution in [0.25, 0.3) is 0 Å². The van der Waals surface area contributed by atoms with Crippen LogP contribution in [0.4, 0.5) is 5.69 Å². The van der Waals surface area contributed by atoms with Crippen molar-refractivity contribution >= 4 is 55.1 Å². The average Bonchev–Trinajstić information content (AvgIpc) is 2.70. The fourth-order valence-corrected chi connectivity index (χ4v) is 3.97. The summed E-state index contributed by atoms with van der Waals surface area (Å²) in [5.74, 6) is -2.10. The minimum Gasteiger partial charge on any atom is -0.355 e. The summed E-state index contributed by atoms with van der Waals surface area (Å²) in [4.78, 5) is 34.0. The fourth-order valence-electron chi connectivity index (χ4n) is 2.51. The zero-order valence-corrected chi connectivity index (χ0v) is 18.5. The summed E-state index contributed by atoms with van der Waals surface area (Å²) < 4.78 is 27.0. The molecule has 2 N–H and O–H groups in total. The number of hydrogen-bond acceptors (Lipinski definition) is 6. The molecule has 0 saturated heterocycles. The van der Waals surface area contributed by atoms with Gasteiger partial charge in [-0.15, -0.1) is 0 Å². The van der Waals surface area contributed by atoms with E-state index in [1.54, 1.807) is 24.3 Å². The highest BCUT2D eigenvalue weighted by molar-refractivity contribution is 9.09. The molecule has 2 rings (SSSR count). The second-order valence-corrected chi connectivity index (χ2v) is 8.87. The SMILES string of the molecule is O=C(CBr)NCC(Cc1cccc(Cl)c1)C(=O)NS(=O)(=O)c1ccc([N+](=O)[O-])cc1. The number of rotatable bonds is 9. The van der Waals surface area contributed by atoms with Crippen LogP contribution in [-0.2, 0) is 26.0 Å². The van der Waals surface area contributed by atoms with Gasteiger partial charge in [0.15, 0.2) is 0 Å². The lowest BCUT2D eigenvalue weighted by molar-refractivity contribution is -0.384. The largest absolute Gasteiger partial charge is 0.355 e. The third-order valence-corrected chi connectivity index (χ3v) is 6.11. The highest BCUT2D eigenvalue weighted by Crippen LogP contribution is 2.18. The fraction of sp³-hybridized carbons (Fsp3) is 0.222. The van der Waals surface area contributed by atoms with Crippen LogP contribution >= 0.6 is 27.5 Å². The van der Waals surface area contributed by atoms with Crippen molar-refractivity contribution in [2.24, 2.45) is 5.92 Å². The molecule has 9 nitrogen and oxygen atoms in total. The van der Waals surface area contributed by atoms with Gasteiger partial charge in [-0.3, -0.25) is 19.7 Å². The molecular weight excluding hydrogens is 502 g/mol. The first-order valence-corrected chi connectivity index (χ1v) is 11.5. The van der Waals surface area contributed by atoms with Crippen LogP contribution in [-0.4, -0.2) is 37.0 Å². The number of alkyl halides is 1. The Balaban J connectivity index is 2.20. The van der Waals surface area contributed by atoms with Crippen molar-refractivity contribution in [3.05, 3.63) is 69.2 Å². The molecule has 2 amide bonds. The number of nitrogens with one attached hydrogen (secondary N) is 2. The molecule has 0 radical (unpaired) electrons. The van der Waals surface area contributed by atoms with Gasteiger partial charge < -0.3 is 5.32 Å². The van der Waals surface area contributed by atoms with Gasteiger partial charge in [-0.25, -0.2) is 13.1 Å². The molecule has 2 aromatic rings. The number of carbonyl (C=O) groups is 2. The molecule has 1 unspecified atom stereocenters. The van der Waals surface area contributed by atoms with Gasteiger partial charge in [0, 0.05) is 23.7 Å². The summed E-state index contributed by atoms with van der Waals surface area (Å²) in [6.45, 7) is -0.0986. The molecule has 0 heterocycles. The smallest absolute Gasteiger partial charge is 0.269 e. The van der Waals surface area contributed by atoms with Gasteiger partial charge in [0.05, 0.1) is 21.1 Å². The molecule has 0 bridgehead atoms. The minimum atomic E-state index is -4.26. The van der Waals surface area contributed by atoms with E-state index in [-0.39, 0.29) is 34.8 Å². The van der Waals surface area contributed by atoms with E-state index in [2.05, 4.69) is 21.2 Å². The van der Waals surface area contributed by atoms with Crippen molar-refractivity contribution in [1.82, 2.24) is 10.0 Å². The van der Waals surface area contributed by atoms with Crippen molar-refractivity contribution in [2.75, 3.05) is 11.9 Å². The van der Waals surface area contributed by atoms with Gasteiger partial charge in [-0.2, -0.15) is 0 Å². The lowest BCUT2D eigenvalue weighted by Crippen LogP contribution is -2.42. The molecular formula is C18H17BrClN3O6S. The van der Waals surface area contributed by atoms with Crippen LogP contribution in [0.2, 0.25) is 5.02 Å². The highest BCUT2D eigenvalue weighted by atomic mass is 79.9. The first kappa shape index (κ1) is 23.8. The molecule has 0 saturated carbocycles. The van der Waals surface area contributed by atoms with Crippen LogP contribution < -0.4 is 10.0 Å². The lowest BCUT2D eigenvalue weighted by Gasteiger charge is -2.18. The minimum absolute atomic E-state index is 0.0274. The number of carbonyl (C=O) groups excluding carboxylic acids is 2. The van der Waals surface area contributed by atoms with Crippen LogP contribution in [0.1, 0.15) is 5.56 Å². The number of hydrogen-bond donors (Lipinski definition) is 2. The van der Waals surface area contributed by atoms with Crippen molar-refractivity contribution in [3.8, 4) is 0 Å². The molecule has 30 heavy (non-hydrogen) atoms. The zero-order valence-electron chi connectivity index (χ0n) is 15.4. The lowest BCUT2D eigenvalue weighted by atomic mass is 9.98. The monoisotopic (exact) mass is 517 g/mol. The van der Waals surface area contributed by atoms with Crippen molar-refractivity contribution < 1.29 is 22.9 Å². The van der Waals surface area contributed by atoms with Gasteiger partial charge in [-0.1, -0.05) is 39.7 Å². The second kappa shape index (κ2) is 10.5. The summed E-state index contributed by atoms with van der Waals surface area (Å²) in [5, 5.41) is 13.7. The number of nitro groups is 1. The predicted octanol–water partition coefficient (Wildman–Crippen LogP) is 2.42. The van der Waals surface area contributed by atoms with Crippen molar-refractivity contribution in [2.45, 2.75) is 11.3 Å². The van der Waals surface area contributed by atoms with Crippen molar-refractivity contribution in [3.63, 3.8) is 0 Å². The molecule has 0 spiro atoms. The van der Waals surface area contributed by atoms with Crippen molar-refractivity contribution in [1.29, 1.82) is 0 Å². The van der Waals surface area contributed by atoms with Gasteiger partial charge >= 0.3 is 0 Å². The predicted molar refractivity (Wildman–Crippen MR) is 114 cm³/mol. The van der Waals surface area contributed by atoms with E-state index in [9.17, 15) is 28.1 Å². The Morgan fingerprint density at radius 1 is 1.17 bits per heavy atom. The number of non-ortho nitro benzene ring substituents is 1. The number of nitrogens with zero attached hydrogens (tertiary/aromatic N) is 1. The number of amides is 2. The Bertz CT molecular complexity index is 1050. The van der Waals surface area contributed by atoms with Crippen LogP contribution in [0.3, 0.4) is 0 Å². The Labute approximate surface area is 186 Å². The molecule has 0 aromatic heterocycles. The van der Waals surface area contributed by atoms with Gasteiger partial charge in [0.25, 0.3) is 15.7 Å². The molecule has 0 aliphatic rings. The molecule has 0 aliphatic heterocycles. The molecule has 1 atom stereocenters. The van der Waals surface area contributed by atoms with Crippen LogP contribution in [0.5, 0.6) is 0 Å². The zero-order chi connectivity index (χ0) is 22.3. The van der Waals surface area contributed by atoms with E-state index in [1.165, 1.54) is 0 Å². The quantitative estimate of drug-likeness (QED) is 0.297. The number of halogens is 2. The number of sulfonamides is 1. The molecule has 12 heteroatoms. The Morgan fingerprint density at radius 3 is 2.40 bits per heavy atom. The number of benzene rings is 2. The van der Waals surface area contributed by atoms with Crippen LogP contribution in [0, 0.1) is 16.0 Å². The Morgan fingerprint density at radius 2 is 1.83 bits per heavy atom. The highest BCUT2D eigenvalue weighted by Gasteiger charge is 2.26. The normalized spacial score (nSPS) is 12.1. The Kier molecular flexibility index (Phi) is 8.33. The summed E-state index contributed by atoms with van der Waals surface area (Å²) in [6, 6.07) is 10.8. The first-order chi connectivity index (χ1) is 14.1. The summed E-state index contributed by atoms with van der Waals surface area (Å²) in [5.41, 5.74) is 0.403. The maximum absolute atomic E-state index is 12.7. The second-order valence-electron chi connectivity index (χ2n) is 6.19. The molecule has 2 aromatic carbocycles. The average molecular weight is 519 g/mol. The summed E-state index contributed by atoms with van der Waals surface area (Å²) >= 11 is 8.96. The van der Waals surface area contributed by atoms with Crippen LogP contribution in [0.15, 0.2) is 53.4 Å². The van der Waals surface area contributed by atoms with Gasteiger partial charge in [-0.05, 0) is 36.2 Å². The third-order valence-electron chi connectivity index (χ3n) is 4.00. The number of nitro benzene ring substituents is 1. The Hall–Kier alpha value is -2.50. The summed E-state index contributed by atoms with van der Waals surface area (Å²) in [6.07, 6.45) is 0.130. The topological polar surface area (TPSA) is 135 Å². The standard InChI is InChI=1S/C18H17BrClN3O6S/c19-10-17(24)21-11-13(8-12-2-1-3-14(20)9-12)18(25)22-30(28,29)16-6-4-15(5-7-16)23(26)27/h1-7,9,13H,8,10-11H2,(H,21,24)(H,22,25). The third kappa shape index (κ3) is 6.78. The molecule has 160 valence electrons. The van der Waals surface area contributed by atoms with E-state index in [0.717, 1.165) is 24.3 Å². The molecule has 0 fully saturated rings. The van der Waals surface area contributed by atoms with Gasteiger partial charge in [0.2, 0.25) is 11.8 Å². The van der Waals surface area contributed by atoms with E-state index >= 15 is 0 Å². The maximum atomic E-state index is 12.7. The van der Waals surface area contributed by atoms with Gasteiger partial charge in [0.1, 0.15) is 0 Å². The maximum Gasteiger partial charge on any atom is 0.269 e. The summed E-state index contributed by atoms with van der Waals surface area (Å²) in [7, 11) is -4.26. The van der Waals surface area contributed by atoms with E-state index in [4.69, 9.17) is 11.6 Å². The van der Waals surface area contributed by atoms with E-state index < -0.39 is 26.8 Å². The molecule has 0 aliphatic carbocycles. The van der Waals surface area contributed by atoms with E-state index in [0.29, 0.717) is 10.6 Å². The van der Waals surface area contributed by atoms with E-state index in [1.807, 2.05) is 4.72 Å². The first-order valence-electron chi connectivity index (χ1n) is 8.50.